The summed E-state index contributed by atoms with van der Waals surface area (Å²) < 4.78 is 36.3. The van der Waals surface area contributed by atoms with Crippen LogP contribution in [0.4, 0.5) is 5.69 Å². The van der Waals surface area contributed by atoms with Crippen LogP contribution >= 0.6 is 0 Å². The quantitative estimate of drug-likeness (QED) is 0.740. The Morgan fingerprint density at radius 1 is 1.38 bits per heavy atom. The highest BCUT2D eigenvalue weighted by Crippen LogP contribution is 2.19. The summed E-state index contributed by atoms with van der Waals surface area (Å²) in [7, 11) is -3.46. The molecule has 1 heterocycles. The topological polar surface area (TPSA) is 107 Å². The molecule has 7 nitrogen and oxygen atoms in total. The highest BCUT2D eigenvalue weighted by atomic mass is 32.2. The highest BCUT2D eigenvalue weighted by Gasteiger charge is 2.12. The lowest BCUT2D eigenvalue weighted by molar-refractivity contribution is 0.341. The molecule has 0 unspecified atom stereocenters. The first-order chi connectivity index (χ1) is 9.96. The lowest BCUT2D eigenvalue weighted by Crippen LogP contribution is -2.28. The largest absolute Gasteiger partial charge is 0.490 e. The smallest absolute Gasteiger partial charge is 0.215 e. The van der Waals surface area contributed by atoms with Gasteiger partial charge in [0.2, 0.25) is 10.0 Å². The van der Waals surface area contributed by atoms with Crippen LogP contribution in [-0.4, -0.2) is 25.9 Å². The number of hydrogen-bond donors (Lipinski definition) is 2. The zero-order valence-electron chi connectivity index (χ0n) is 11.6. The SMILES string of the molecule is Cc1cc(CNS(=O)(=O)CCOc2ccccc2N)on1. The summed E-state index contributed by atoms with van der Waals surface area (Å²) in [6.45, 7) is 1.84. The predicted molar refractivity (Wildman–Crippen MR) is 78.2 cm³/mol. The molecule has 1 aromatic carbocycles. The average molecular weight is 311 g/mol. The second-order valence-corrected chi connectivity index (χ2v) is 6.39. The number of ether oxygens (including phenoxy) is 1. The van der Waals surface area contributed by atoms with E-state index < -0.39 is 10.0 Å². The summed E-state index contributed by atoms with van der Waals surface area (Å²) in [6.07, 6.45) is 0. The molecule has 0 bridgehead atoms. The van der Waals surface area contributed by atoms with Crippen LogP contribution in [0.5, 0.6) is 5.75 Å². The minimum Gasteiger partial charge on any atom is -0.490 e. The van der Waals surface area contributed by atoms with Crippen LogP contribution in [0.2, 0.25) is 0 Å². The Labute approximate surface area is 123 Å². The third-order valence-electron chi connectivity index (χ3n) is 2.67. The maximum absolute atomic E-state index is 11.8. The van der Waals surface area contributed by atoms with Crippen molar-refractivity contribution in [1.82, 2.24) is 9.88 Å². The van der Waals surface area contributed by atoms with Gasteiger partial charge in [0, 0.05) is 6.07 Å². The summed E-state index contributed by atoms with van der Waals surface area (Å²) >= 11 is 0. The number of anilines is 1. The average Bonchev–Trinajstić information content (AvgIpc) is 2.85. The van der Waals surface area contributed by atoms with Gasteiger partial charge in [-0.2, -0.15) is 0 Å². The van der Waals surface area contributed by atoms with Gasteiger partial charge in [-0.25, -0.2) is 13.1 Å². The maximum Gasteiger partial charge on any atom is 0.215 e. The first kappa shape index (κ1) is 15.3. The lowest BCUT2D eigenvalue weighted by Gasteiger charge is -2.09. The summed E-state index contributed by atoms with van der Waals surface area (Å²) in [5.74, 6) is 0.761. The molecule has 1 aromatic heterocycles. The molecular formula is C13H17N3O4S. The van der Waals surface area contributed by atoms with Crippen molar-refractivity contribution in [2.75, 3.05) is 18.1 Å². The van der Waals surface area contributed by atoms with Gasteiger partial charge in [0.25, 0.3) is 0 Å². The Morgan fingerprint density at radius 3 is 2.81 bits per heavy atom. The van der Waals surface area contributed by atoms with Crippen molar-refractivity contribution in [2.45, 2.75) is 13.5 Å². The fourth-order valence-corrected chi connectivity index (χ4v) is 2.44. The number of rotatable bonds is 7. The van der Waals surface area contributed by atoms with Crippen molar-refractivity contribution in [3.63, 3.8) is 0 Å². The standard InChI is InChI=1S/C13H17N3O4S/c1-10-8-11(20-16-10)9-15-21(17,18)7-6-19-13-5-3-2-4-12(13)14/h2-5,8,15H,6-7,9,14H2,1H3. The second-order valence-electron chi connectivity index (χ2n) is 4.46. The van der Waals surface area contributed by atoms with Crippen molar-refractivity contribution >= 4 is 15.7 Å². The van der Waals surface area contributed by atoms with Crippen LogP contribution in [0.15, 0.2) is 34.9 Å². The molecule has 0 atom stereocenters. The monoisotopic (exact) mass is 311 g/mol. The normalized spacial score (nSPS) is 11.5. The van der Waals surface area contributed by atoms with Crippen LogP contribution in [0, 0.1) is 6.92 Å². The minimum absolute atomic E-state index is 0.0129. The van der Waals surface area contributed by atoms with Gasteiger partial charge < -0.3 is 15.0 Å². The molecule has 21 heavy (non-hydrogen) atoms. The number of sulfonamides is 1. The summed E-state index contributed by atoms with van der Waals surface area (Å²) in [4.78, 5) is 0. The Balaban J connectivity index is 1.80. The molecule has 0 aliphatic carbocycles. The third-order valence-corrected chi connectivity index (χ3v) is 3.96. The molecule has 0 aliphatic rings. The highest BCUT2D eigenvalue weighted by molar-refractivity contribution is 7.89. The predicted octanol–water partition coefficient (Wildman–Crippen LogP) is 1.06. The molecule has 0 radical (unpaired) electrons. The summed E-state index contributed by atoms with van der Waals surface area (Å²) in [5, 5.41) is 3.68. The van der Waals surface area contributed by atoms with E-state index in [0.29, 0.717) is 22.9 Å². The number of aromatic nitrogens is 1. The van der Waals surface area contributed by atoms with Gasteiger partial charge in [-0.15, -0.1) is 0 Å². The molecular weight excluding hydrogens is 294 g/mol. The van der Waals surface area contributed by atoms with E-state index >= 15 is 0 Å². The van der Waals surface area contributed by atoms with Crippen molar-refractivity contribution in [3.8, 4) is 5.75 Å². The van der Waals surface area contributed by atoms with Gasteiger partial charge in [0.05, 0.1) is 23.7 Å². The number of nitrogens with zero attached hydrogens (tertiary/aromatic N) is 1. The molecule has 0 saturated carbocycles. The molecule has 0 aliphatic heterocycles. The summed E-state index contributed by atoms with van der Waals surface area (Å²) in [5.41, 5.74) is 6.87. The van der Waals surface area contributed by atoms with E-state index in [1.807, 2.05) is 0 Å². The number of aryl methyl sites for hydroxylation is 1. The molecule has 8 heteroatoms. The molecule has 0 saturated heterocycles. The van der Waals surface area contributed by atoms with Crippen LogP contribution in [0.3, 0.4) is 0 Å². The molecule has 0 amide bonds. The van der Waals surface area contributed by atoms with Crippen molar-refractivity contribution in [2.24, 2.45) is 0 Å². The van der Waals surface area contributed by atoms with E-state index in [2.05, 4.69) is 9.88 Å². The number of nitrogens with two attached hydrogens (primary N) is 1. The third kappa shape index (κ3) is 4.76. The molecule has 0 fully saturated rings. The zero-order chi connectivity index (χ0) is 15.3. The van der Waals surface area contributed by atoms with E-state index in [-0.39, 0.29) is 18.9 Å². The number of para-hydroxylation sites is 2. The lowest BCUT2D eigenvalue weighted by atomic mass is 10.3. The first-order valence-electron chi connectivity index (χ1n) is 6.33. The number of nitrogens with one attached hydrogen (secondary N) is 1. The van der Waals surface area contributed by atoms with E-state index in [0.717, 1.165) is 0 Å². The fourth-order valence-electron chi connectivity index (χ4n) is 1.63. The Hall–Kier alpha value is -2.06. The maximum atomic E-state index is 11.8. The Morgan fingerprint density at radius 2 is 2.14 bits per heavy atom. The van der Waals surface area contributed by atoms with E-state index in [4.69, 9.17) is 15.0 Å². The van der Waals surface area contributed by atoms with Crippen LogP contribution in [0.1, 0.15) is 11.5 Å². The van der Waals surface area contributed by atoms with E-state index in [9.17, 15) is 8.42 Å². The number of hydrogen-bond acceptors (Lipinski definition) is 6. The van der Waals surface area contributed by atoms with Gasteiger partial charge in [0.1, 0.15) is 12.4 Å². The zero-order valence-corrected chi connectivity index (χ0v) is 12.4. The van der Waals surface area contributed by atoms with Gasteiger partial charge in [0.15, 0.2) is 5.76 Å². The number of benzene rings is 1. The molecule has 114 valence electrons. The van der Waals surface area contributed by atoms with Crippen molar-refractivity contribution in [1.29, 1.82) is 0 Å². The van der Waals surface area contributed by atoms with Crippen molar-refractivity contribution in [3.05, 3.63) is 41.8 Å². The first-order valence-corrected chi connectivity index (χ1v) is 7.98. The van der Waals surface area contributed by atoms with Crippen LogP contribution in [-0.2, 0) is 16.6 Å². The molecule has 0 spiro atoms. The summed E-state index contributed by atoms with van der Waals surface area (Å²) in [6, 6.07) is 8.59. The van der Waals surface area contributed by atoms with E-state index in [1.54, 1.807) is 37.3 Å². The molecule has 3 N–H and O–H groups in total. The van der Waals surface area contributed by atoms with Crippen LogP contribution < -0.4 is 15.2 Å². The van der Waals surface area contributed by atoms with E-state index in [1.165, 1.54) is 0 Å². The van der Waals surface area contributed by atoms with Crippen LogP contribution in [0.25, 0.3) is 0 Å². The van der Waals surface area contributed by atoms with Crippen molar-refractivity contribution < 1.29 is 17.7 Å². The van der Waals surface area contributed by atoms with Gasteiger partial charge >= 0.3 is 0 Å². The van der Waals surface area contributed by atoms with Gasteiger partial charge in [-0.1, -0.05) is 17.3 Å². The number of nitrogen functional groups attached to an aromatic ring is 1. The molecule has 2 rings (SSSR count). The second kappa shape index (κ2) is 6.59. The molecule has 2 aromatic rings. The fraction of sp³-hybridized carbons (Fsp3) is 0.308. The Bertz CT molecular complexity index is 697. The van der Waals surface area contributed by atoms with Gasteiger partial charge in [-0.3, -0.25) is 0 Å². The Kier molecular flexibility index (Phi) is 4.81. The van der Waals surface area contributed by atoms with Gasteiger partial charge in [-0.05, 0) is 19.1 Å². The minimum atomic E-state index is -3.46.